The monoisotopic (exact) mass is 361 g/mol. The second-order valence-corrected chi connectivity index (χ2v) is 6.15. The molecule has 0 saturated heterocycles. The van der Waals surface area contributed by atoms with Gasteiger partial charge in [0.25, 0.3) is 0 Å². The van der Waals surface area contributed by atoms with Crippen LogP contribution in [0.1, 0.15) is 28.9 Å². The van der Waals surface area contributed by atoms with Crippen molar-refractivity contribution in [1.82, 2.24) is 10.3 Å². The number of methoxy groups -OCH3 is 1. The molecule has 1 aromatic carbocycles. The largest absolute Gasteiger partial charge is 0.465 e. The lowest BCUT2D eigenvalue weighted by molar-refractivity contribution is -0.123. The van der Waals surface area contributed by atoms with Crippen LogP contribution in [-0.2, 0) is 16.1 Å². The Morgan fingerprint density at radius 3 is 2.65 bits per heavy atom. The van der Waals surface area contributed by atoms with Crippen molar-refractivity contribution in [2.24, 2.45) is 5.73 Å². The Labute approximate surface area is 148 Å². The first-order chi connectivity index (χ1) is 12.4. The van der Waals surface area contributed by atoms with Gasteiger partial charge in [0.2, 0.25) is 5.91 Å². The maximum atomic E-state index is 14.4. The van der Waals surface area contributed by atoms with Gasteiger partial charge in [-0.15, -0.1) is 0 Å². The van der Waals surface area contributed by atoms with Gasteiger partial charge in [-0.1, -0.05) is 12.1 Å². The van der Waals surface area contributed by atoms with E-state index in [-0.39, 0.29) is 34.8 Å². The summed E-state index contributed by atoms with van der Waals surface area (Å²) in [7, 11) is 1.13. The number of pyridine rings is 1. The maximum Gasteiger partial charge on any atom is 0.341 e. The van der Waals surface area contributed by atoms with E-state index < -0.39 is 23.1 Å². The van der Waals surface area contributed by atoms with Gasteiger partial charge in [0.15, 0.2) is 0 Å². The standard InChI is InChI=1S/C18H17F2N3O3/c1-26-16(24)15-11(3-2-4-12(15)19)10-7-13(20)14(22-8-10)9-23-17(25)18(21)5-6-18/h2-4,7-8H,5-6,9,21H2,1H3,(H,23,25). The zero-order valence-electron chi connectivity index (χ0n) is 14.0. The molecule has 8 heteroatoms. The van der Waals surface area contributed by atoms with Crippen molar-refractivity contribution in [3.8, 4) is 11.1 Å². The van der Waals surface area contributed by atoms with Crippen LogP contribution in [0.5, 0.6) is 0 Å². The van der Waals surface area contributed by atoms with Crippen LogP contribution < -0.4 is 11.1 Å². The summed E-state index contributed by atoms with van der Waals surface area (Å²) < 4.78 is 32.9. The first kappa shape index (κ1) is 17.9. The number of benzene rings is 1. The third-order valence-electron chi connectivity index (χ3n) is 4.29. The van der Waals surface area contributed by atoms with E-state index in [0.717, 1.165) is 19.2 Å². The van der Waals surface area contributed by atoms with E-state index in [0.29, 0.717) is 12.8 Å². The average molecular weight is 361 g/mol. The SMILES string of the molecule is COC(=O)c1c(F)cccc1-c1cnc(CNC(=O)C2(N)CC2)c(F)c1. The minimum atomic E-state index is -0.868. The molecule has 1 heterocycles. The highest BCUT2D eigenvalue weighted by molar-refractivity contribution is 5.97. The molecule has 1 aliphatic carbocycles. The van der Waals surface area contributed by atoms with E-state index in [2.05, 4.69) is 15.0 Å². The summed E-state index contributed by atoms with van der Waals surface area (Å²) >= 11 is 0. The number of nitrogens with zero attached hydrogens (tertiary/aromatic N) is 1. The van der Waals surface area contributed by atoms with Gasteiger partial charge in [-0.05, 0) is 25.0 Å². The Bertz CT molecular complexity index is 882. The Kier molecular flexibility index (Phi) is 4.69. The Balaban J connectivity index is 1.85. The minimum Gasteiger partial charge on any atom is -0.465 e. The molecule has 0 radical (unpaired) electrons. The van der Waals surface area contributed by atoms with Gasteiger partial charge in [0.05, 0.1) is 24.9 Å². The summed E-state index contributed by atoms with van der Waals surface area (Å²) in [4.78, 5) is 27.6. The predicted octanol–water partition coefficient (Wildman–Crippen LogP) is 1.92. The second kappa shape index (κ2) is 6.80. The highest BCUT2D eigenvalue weighted by Crippen LogP contribution is 2.32. The fourth-order valence-corrected chi connectivity index (χ4v) is 2.52. The molecule has 0 aliphatic heterocycles. The smallest absolute Gasteiger partial charge is 0.341 e. The number of halogens is 2. The van der Waals surface area contributed by atoms with Crippen molar-refractivity contribution in [1.29, 1.82) is 0 Å². The third-order valence-corrected chi connectivity index (χ3v) is 4.29. The third kappa shape index (κ3) is 3.41. The first-order valence-corrected chi connectivity index (χ1v) is 7.94. The molecular weight excluding hydrogens is 344 g/mol. The van der Waals surface area contributed by atoms with Crippen LogP contribution in [0.25, 0.3) is 11.1 Å². The lowest BCUT2D eigenvalue weighted by Crippen LogP contribution is -2.42. The molecule has 136 valence electrons. The fraction of sp³-hybridized carbons (Fsp3) is 0.278. The van der Waals surface area contributed by atoms with Crippen molar-refractivity contribution in [2.75, 3.05) is 7.11 Å². The van der Waals surface area contributed by atoms with Crippen LogP contribution >= 0.6 is 0 Å². The van der Waals surface area contributed by atoms with Crippen molar-refractivity contribution in [3.63, 3.8) is 0 Å². The van der Waals surface area contributed by atoms with Gasteiger partial charge < -0.3 is 15.8 Å². The van der Waals surface area contributed by atoms with E-state index in [1.54, 1.807) is 0 Å². The number of nitrogens with one attached hydrogen (secondary N) is 1. The molecule has 3 N–H and O–H groups in total. The number of hydrogen-bond acceptors (Lipinski definition) is 5. The summed E-state index contributed by atoms with van der Waals surface area (Å²) in [6.45, 7) is -0.114. The topological polar surface area (TPSA) is 94.3 Å². The first-order valence-electron chi connectivity index (χ1n) is 7.94. The molecule has 6 nitrogen and oxygen atoms in total. The van der Waals surface area contributed by atoms with Crippen LogP contribution in [0.15, 0.2) is 30.5 Å². The lowest BCUT2D eigenvalue weighted by atomic mass is 10.00. The molecule has 1 fully saturated rings. The van der Waals surface area contributed by atoms with Crippen LogP contribution in [0.2, 0.25) is 0 Å². The van der Waals surface area contributed by atoms with E-state index in [9.17, 15) is 18.4 Å². The van der Waals surface area contributed by atoms with Crippen molar-refractivity contribution in [2.45, 2.75) is 24.9 Å². The number of aromatic nitrogens is 1. The molecule has 0 bridgehead atoms. The Hall–Kier alpha value is -2.87. The summed E-state index contributed by atoms with van der Waals surface area (Å²) in [5.74, 6) is -2.68. The molecule has 0 unspecified atom stereocenters. The van der Waals surface area contributed by atoms with E-state index in [1.165, 1.54) is 18.3 Å². The van der Waals surface area contributed by atoms with Crippen molar-refractivity contribution >= 4 is 11.9 Å². The van der Waals surface area contributed by atoms with E-state index >= 15 is 0 Å². The van der Waals surface area contributed by atoms with Gasteiger partial charge in [-0.25, -0.2) is 13.6 Å². The van der Waals surface area contributed by atoms with Crippen LogP contribution in [0, 0.1) is 11.6 Å². The molecule has 1 aromatic heterocycles. The molecule has 1 aliphatic rings. The predicted molar refractivity (Wildman–Crippen MR) is 88.9 cm³/mol. The van der Waals surface area contributed by atoms with E-state index in [1.807, 2.05) is 0 Å². The number of nitrogens with two attached hydrogens (primary N) is 1. The van der Waals surface area contributed by atoms with E-state index in [4.69, 9.17) is 5.73 Å². The highest BCUT2D eigenvalue weighted by atomic mass is 19.1. The number of ether oxygens (including phenoxy) is 1. The maximum absolute atomic E-state index is 14.4. The van der Waals surface area contributed by atoms with Gasteiger partial charge in [0.1, 0.15) is 17.2 Å². The molecule has 0 spiro atoms. The van der Waals surface area contributed by atoms with Crippen LogP contribution in [-0.4, -0.2) is 29.5 Å². The summed E-state index contributed by atoms with van der Waals surface area (Å²) in [5, 5.41) is 2.55. The molecule has 3 rings (SSSR count). The van der Waals surface area contributed by atoms with Crippen molar-refractivity contribution < 1.29 is 23.1 Å². The molecule has 1 saturated carbocycles. The van der Waals surface area contributed by atoms with Gasteiger partial charge in [-0.2, -0.15) is 0 Å². The zero-order chi connectivity index (χ0) is 18.9. The zero-order valence-corrected chi connectivity index (χ0v) is 14.0. The highest BCUT2D eigenvalue weighted by Gasteiger charge is 2.45. The number of rotatable bonds is 5. The molecule has 1 amide bonds. The quantitative estimate of drug-likeness (QED) is 0.794. The summed E-state index contributed by atoms with van der Waals surface area (Å²) in [6.07, 6.45) is 2.51. The molecule has 0 atom stereocenters. The Morgan fingerprint density at radius 1 is 1.31 bits per heavy atom. The normalized spacial score (nSPS) is 14.6. The minimum absolute atomic E-state index is 0.0161. The van der Waals surface area contributed by atoms with Gasteiger partial charge in [0, 0.05) is 17.3 Å². The average Bonchev–Trinajstić information content (AvgIpc) is 3.38. The van der Waals surface area contributed by atoms with Crippen molar-refractivity contribution in [3.05, 3.63) is 53.4 Å². The summed E-state index contributed by atoms with van der Waals surface area (Å²) in [5.41, 5.74) is 5.01. The number of esters is 1. The number of carbonyl (C=O) groups excluding carboxylic acids is 2. The summed E-state index contributed by atoms with van der Waals surface area (Å²) in [6, 6.07) is 5.12. The Morgan fingerprint density at radius 2 is 2.04 bits per heavy atom. The second-order valence-electron chi connectivity index (χ2n) is 6.15. The van der Waals surface area contributed by atoms with Gasteiger partial charge in [-0.3, -0.25) is 9.78 Å². The number of carbonyl (C=O) groups is 2. The van der Waals surface area contributed by atoms with Crippen LogP contribution in [0.3, 0.4) is 0 Å². The lowest BCUT2D eigenvalue weighted by Gasteiger charge is -2.12. The number of amides is 1. The number of hydrogen-bond donors (Lipinski definition) is 2. The van der Waals surface area contributed by atoms with Gasteiger partial charge >= 0.3 is 5.97 Å². The van der Waals surface area contributed by atoms with Crippen LogP contribution in [0.4, 0.5) is 8.78 Å². The molecule has 2 aromatic rings. The molecule has 26 heavy (non-hydrogen) atoms. The fourth-order valence-electron chi connectivity index (χ4n) is 2.52. The molecular formula is C18H17F2N3O3.